The van der Waals surface area contributed by atoms with Crippen LogP contribution >= 0.6 is 0 Å². The van der Waals surface area contributed by atoms with E-state index in [9.17, 15) is 5.11 Å². The van der Waals surface area contributed by atoms with Crippen LogP contribution in [0.15, 0.2) is 0 Å². The zero-order chi connectivity index (χ0) is 6.85. The van der Waals surface area contributed by atoms with Gasteiger partial charge < -0.3 is 10.8 Å². The van der Waals surface area contributed by atoms with E-state index in [0.29, 0.717) is 5.92 Å². The molecule has 3 N–H and O–H groups in total. The summed E-state index contributed by atoms with van der Waals surface area (Å²) < 4.78 is 0. The zero-order valence-corrected chi connectivity index (χ0v) is 5.88. The van der Waals surface area contributed by atoms with E-state index in [1.54, 1.807) is 0 Å². The average molecular weight is 129 g/mol. The Morgan fingerprint density at radius 3 is 2.56 bits per heavy atom. The van der Waals surface area contributed by atoms with Gasteiger partial charge in [0.15, 0.2) is 0 Å². The summed E-state index contributed by atoms with van der Waals surface area (Å²) in [6, 6.07) is 0.230. The second-order valence-electron chi connectivity index (χ2n) is 3.02. The number of hydrogen-bond acceptors (Lipinski definition) is 2. The molecule has 0 saturated heterocycles. The monoisotopic (exact) mass is 129 g/mol. The fourth-order valence-electron chi connectivity index (χ4n) is 1.37. The van der Waals surface area contributed by atoms with Gasteiger partial charge in [-0.05, 0) is 25.2 Å². The Hall–Kier alpha value is -0.0800. The van der Waals surface area contributed by atoms with Crippen LogP contribution in [0.1, 0.15) is 26.2 Å². The van der Waals surface area contributed by atoms with E-state index in [-0.39, 0.29) is 12.1 Å². The Morgan fingerprint density at radius 2 is 2.11 bits per heavy atom. The van der Waals surface area contributed by atoms with Crippen LogP contribution in [0.25, 0.3) is 0 Å². The maximum absolute atomic E-state index is 9.27. The van der Waals surface area contributed by atoms with Crippen molar-refractivity contribution in [3.63, 3.8) is 0 Å². The number of nitrogens with two attached hydrogens (primary N) is 1. The van der Waals surface area contributed by atoms with Crippen LogP contribution < -0.4 is 5.73 Å². The van der Waals surface area contributed by atoms with Crippen molar-refractivity contribution in [3.05, 3.63) is 0 Å². The highest BCUT2D eigenvalue weighted by Crippen LogP contribution is 2.22. The summed E-state index contributed by atoms with van der Waals surface area (Å²) in [5, 5.41) is 9.27. The minimum Gasteiger partial charge on any atom is -0.393 e. The largest absolute Gasteiger partial charge is 0.393 e. The lowest BCUT2D eigenvalue weighted by atomic mass is 9.84. The Labute approximate surface area is 56.1 Å². The van der Waals surface area contributed by atoms with Crippen LogP contribution in [0.2, 0.25) is 0 Å². The van der Waals surface area contributed by atoms with Crippen molar-refractivity contribution in [1.29, 1.82) is 0 Å². The summed E-state index contributed by atoms with van der Waals surface area (Å²) in [7, 11) is 0. The molecule has 2 heteroatoms. The van der Waals surface area contributed by atoms with Gasteiger partial charge in [0.05, 0.1) is 6.10 Å². The van der Waals surface area contributed by atoms with Gasteiger partial charge in [-0.1, -0.05) is 6.92 Å². The average Bonchev–Trinajstić information content (AvgIpc) is 1.83. The molecular formula is C7H15NO. The number of aliphatic hydroxyl groups excluding tert-OH is 1. The smallest absolute Gasteiger partial charge is 0.0580 e. The van der Waals surface area contributed by atoms with Crippen molar-refractivity contribution in [2.24, 2.45) is 11.7 Å². The van der Waals surface area contributed by atoms with Crippen LogP contribution in [0.5, 0.6) is 0 Å². The molecule has 0 bridgehead atoms. The summed E-state index contributed by atoms with van der Waals surface area (Å²) in [6.45, 7) is 2.02. The molecule has 0 heterocycles. The number of aliphatic hydroxyl groups is 1. The molecule has 0 aromatic heterocycles. The Balaban J connectivity index is 2.41. The molecular weight excluding hydrogens is 114 g/mol. The van der Waals surface area contributed by atoms with Gasteiger partial charge in [-0.15, -0.1) is 0 Å². The van der Waals surface area contributed by atoms with Gasteiger partial charge in [0, 0.05) is 6.04 Å². The summed E-state index contributed by atoms with van der Waals surface area (Å²) in [5.41, 5.74) is 5.71. The highest BCUT2D eigenvalue weighted by Gasteiger charge is 2.24. The van der Waals surface area contributed by atoms with Gasteiger partial charge in [-0.2, -0.15) is 0 Å². The Bertz CT molecular complexity index is 84.9. The third kappa shape index (κ3) is 1.43. The molecule has 0 unspecified atom stereocenters. The first-order valence-corrected chi connectivity index (χ1v) is 3.65. The third-order valence-electron chi connectivity index (χ3n) is 2.32. The molecule has 0 spiro atoms. The topological polar surface area (TPSA) is 46.2 Å². The van der Waals surface area contributed by atoms with Crippen LogP contribution in [0, 0.1) is 5.92 Å². The van der Waals surface area contributed by atoms with E-state index >= 15 is 0 Å². The second-order valence-corrected chi connectivity index (χ2v) is 3.02. The molecule has 54 valence electrons. The van der Waals surface area contributed by atoms with E-state index < -0.39 is 0 Å². The molecule has 0 radical (unpaired) electrons. The summed E-state index contributed by atoms with van der Waals surface area (Å²) in [4.78, 5) is 0. The first-order chi connectivity index (χ1) is 4.22. The van der Waals surface area contributed by atoms with Crippen molar-refractivity contribution in [2.45, 2.75) is 38.3 Å². The lowest BCUT2D eigenvalue weighted by Gasteiger charge is -2.29. The maximum atomic E-state index is 9.27. The summed E-state index contributed by atoms with van der Waals surface area (Å²) in [5.74, 6) is 0.304. The molecule has 1 rings (SSSR count). The van der Waals surface area contributed by atoms with Crippen LogP contribution in [0.3, 0.4) is 0 Å². The van der Waals surface area contributed by atoms with Gasteiger partial charge in [0.25, 0.3) is 0 Å². The quantitative estimate of drug-likeness (QED) is 0.500. The zero-order valence-electron chi connectivity index (χ0n) is 5.88. The molecule has 1 aliphatic rings. The van der Waals surface area contributed by atoms with Gasteiger partial charge in [0.1, 0.15) is 0 Å². The van der Waals surface area contributed by atoms with Crippen molar-refractivity contribution < 1.29 is 5.11 Å². The van der Waals surface area contributed by atoms with Crippen molar-refractivity contribution >= 4 is 0 Å². The minimum absolute atomic E-state index is 0.145. The fraction of sp³-hybridized carbons (Fsp3) is 1.00. The molecule has 0 amide bonds. The molecule has 0 aliphatic heterocycles. The molecule has 0 aromatic rings. The third-order valence-corrected chi connectivity index (χ3v) is 2.32. The van der Waals surface area contributed by atoms with Gasteiger partial charge in [-0.3, -0.25) is 0 Å². The van der Waals surface area contributed by atoms with Gasteiger partial charge in [0.2, 0.25) is 0 Å². The number of hydrogen-bond donors (Lipinski definition) is 2. The van der Waals surface area contributed by atoms with Gasteiger partial charge >= 0.3 is 0 Å². The predicted octanol–water partition coefficient (Wildman–Crippen LogP) is 0.495. The van der Waals surface area contributed by atoms with Crippen LogP contribution in [-0.4, -0.2) is 17.3 Å². The Morgan fingerprint density at radius 1 is 1.44 bits per heavy atom. The highest BCUT2D eigenvalue weighted by molar-refractivity contribution is 4.80. The van der Waals surface area contributed by atoms with Crippen LogP contribution in [-0.2, 0) is 0 Å². The van der Waals surface area contributed by atoms with Crippen LogP contribution in [0.4, 0.5) is 0 Å². The molecule has 1 fully saturated rings. The lowest BCUT2D eigenvalue weighted by molar-refractivity contribution is 0.0671. The lowest BCUT2D eigenvalue weighted by Crippen LogP contribution is -2.39. The van der Waals surface area contributed by atoms with E-state index in [0.717, 1.165) is 19.3 Å². The molecule has 1 saturated carbocycles. The van der Waals surface area contributed by atoms with E-state index in [1.807, 2.05) is 6.92 Å². The predicted molar refractivity (Wildman–Crippen MR) is 37.0 cm³/mol. The minimum atomic E-state index is -0.145. The Kier molecular flexibility index (Phi) is 2.09. The molecule has 9 heavy (non-hydrogen) atoms. The van der Waals surface area contributed by atoms with Crippen molar-refractivity contribution in [2.75, 3.05) is 0 Å². The van der Waals surface area contributed by atoms with E-state index in [1.165, 1.54) is 0 Å². The highest BCUT2D eigenvalue weighted by atomic mass is 16.3. The van der Waals surface area contributed by atoms with E-state index in [2.05, 4.69) is 0 Å². The standard InChI is InChI=1S/C7H15NO/c1-5-6(8)3-2-4-7(5)9/h5-7,9H,2-4,8H2,1H3/t5-,6+,7-/m0/s1. The maximum Gasteiger partial charge on any atom is 0.0580 e. The summed E-state index contributed by atoms with van der Waals surface area (Å²) in [6.07, 6.45) is 2.97. The van der Waals surface area contributed by atoms with Crippen molar-refractivity contribution in [3.8, 4) is 0 Å². The fourth-order valence-corrected chi connectivity index (χ4v) is 1.37. The second kappa shape index (κ2) is 2.67. The molecule has 1 aliphatic carbocycles. The molecule has 2 nitrogen and oxygen atoms in total. The number of rotatable bonds is 0. The first-order valence-electron chi connectivity index (χ1n) is 3.65. The van der Waals surface area contributed by atoms with E-state index in [4.69, 9.17) is 5.73 Å². The first kappa shape index (κ1) is 7.03. The summed E-state index contributed by atoms with van der Waals surface area (Å²) >= 11 is 0. The molecule has 3 atom stereocenters. The normalized spacial score (nSPS) is 45.0. The van der Waals surface area contributed by atoms with Crippen molar-refractivity contribution in [1.82, 2.24) is 0 Å². The SMILES string of the molecule is C[C@H]1[C@H](N)CCC[C@@H]1O. The van der Waals surface area contributed by atoms with Gasteiger partial charge in [-0.25, -0.2) is 0 Å². The molecule has 0 aromatic carbocycles.